The van der Waals surface area contributed by atoms with Crippen molar-refractivity contribution in [1.82, 2.24) is 9.55 Å². The summed E-state index contributed by atoms with van der Waals surface area (Å²) in [5.41, 5.74) is 5.13. The standard InChI is InChI=1S/C13H12IN4P/c14-19-18-8-11(7-17-18)12-4-9-2-1-3-16-13(9)5-10(12)6-15/h4-5,7-8,16,19H,1-3H2. The number of anilines is 1. The van der Waals surface area contributed by atoms with Gasteiger partial charge in [0.25, 0.3) is 0 Å². The SMILES string of the molecule is N#Cc1cc2c(cc1-c1cnn(PI)c1)CCCN2. The molecule has 0 saturated heterocycles. The summed E-state index contributed by atoms with van der Waals surface area (Å²) in [4.78, 5) is 0. The lowest BCUT2D eigenvalue weighted by Crippen LogP contribution is -2.12. The van der Waals surface area contributed by atoms with Gasteiger partial charge < -0.3 is 5.32 Å². The topological polar surface area (TPSA) is 53.6 Å². The number of fused-ring (bicyclic) bond motifs is 1. The van der Waals surface area contributed by atoms with E-state index in [1.165, 1.54) is 5.56 Å². The van der Waals surface area contributed by atoms with E-state index in [1.54, 1.807) is 0 Å². The van der Waals surface area contributed by atoms with Gasteiger partial charge in [-0.3, -0.25) is 0 Å². The third kappa shape index (κ3) is 2.47. The van der Waals surface area contributed by atoms with Gasteiger partial charge in [0.05, 0.1) is 24.2 Å². The summed E-state index contributed by atoms with van der Waals surface area (Å²) >= 11 is 2.29. The Morgan fingerprint density at radius 1 is 1.47 bits per heavy atom. The van der Waals surface area contributed by atoms with Crippen molar-refractivity contribution in [3.8, 4) is 17.2 Å². The quantitative estimate of drug-likeness (QED) is 0.638. The van der Waals surface area contributed by atoms with Crippen LogP contribution in [-0.2, 0) is 6.42 Å². The number of hydrogen-bond acceptors (Lipinski definition) is 3. The van der Waals surface area contributed by atoms with Crippen molar-refractivity contribution < 1.29 is 0 Å². The van der Waals surface area contributed by atoms with E-state index in [-0.39, 0.29) is 0 Å². The summed E-state index contributed by atoms with van der Waals surface area (Å²) in [6, 6.07) is 6.40. The molecule has 3 rings (SSSR count). The normalized spacial score (nSPS) is 14.1. The maximum absolute atomic E-state index is 9.34. The molecule has 2 aromatic rings. The molecule has 0 fully saturated rings. The average Bonchev–Trinajstić information content (AvgIpc) is 2.94. The van der Waals surface area contributed by atoms with Gasteiger partial charge in [0.15, 0.2) is 0 Å². The first-order valence-electron chi connectivity index (χ1n) is 6.04. The minimum atomic E-state index is 0.580. The van der Waals surface area contributed by atoms with Crippen LogP contribution in [0.3, 0.4) is 0 Å². The first kappa shape index (κ1) is 12.9. The molecule has 0 amide bonds. The molecule has 1 aliphatic heterocycles. The van der Waals surface area contributed by atoms with Crippen molar-refractivity contribution in [2.45, 2.75) is 12.8 Å². The zero-order valence-corrected chi connectivity index (χ0v) is 13.3. The van der Waals surface area contributed by atoms with E-state index in [1.807, 2.05) is 22.9 Å². The fraction of sp³-hybridized carbons (Fsp3) is 0.231. The van der Waals surface area contributed by atoms with Gasteiger partial charge in [-0.15, -0.1) is 0 Å². The number of aryl methyl sites for hydroxylation is 1. The zero-order chi connectivity index (χ0) is 13.2. The van der Waals surface area contributed by atoms with Crippen LogP contribution in [0.4, 0.5) is 5.69 Å². The largest absolute Gasteiger partial charge is 0.385 e. The maximum Gasteiger partial charge on any atom is 0.0998 e. The molecule has 0 spiro atoms. The predicted octanol–water partition coefficient (Wildman–Crippen LogP) is 3.57. The van der Waals surface area contributed by atoms with Gasteiger partial charge in [0, 0.05) is 29.6 Å². The lowest BCUT2D eigenvalue weighted by atomic mass is 9.94. The molecule has 19 heavy (non-hydrogen) atoms. The van der Waals surface area contributed by atoms with E-state index >= 15 is 0 Å². The molecule has 1 aromatic carbocycles. The monoisotopic (exact) mass is 382 g/mol. The second-order valence-electron chi connectivity index (χ2n) is 4.46. The van der Waals surface area contributed by atoms with Gasteiger partial charge >= 0.3 is 0 Å². The van der Waals surface area contributed by atoms with Crippen LogP contribution in [0.25, 0.3) is 11.1 Å². The zero-order valence-electron chi connectivity index (χ0n) is 10.2. The Balaban J connectivity index is 2.11. The summed E-state index contributed by atoms with van der Waals surface area (Å²) in [5.74, 6) is 0. The Labute approximate surface area is 126 Å². The Bertz CT molecular complexity index is 659. The number of aromatic nitrogens is 2. The lowest BCUT2D eigenvalue weighted by molar-refractivity contribution is 0.830. The average molecular weight is 382 g/mol. The number of nitrogens with zero attached hydrogens (tertiary/aromatic N) is 3. The third-order valence-corrected chi connectivity index (χ3v) is 5.18. The van der Waals surface area contributed by atoms with Gasteiger partial charge in [-0.2, -0.15) is 10.4 Å². The van der Waals surface area contributed by atoms with Crippen molar-refractivity contribution in [1.29, 1.82) is 5.26 Å². The van der Waals surface area contributed by atoms with Crippen LogP contribution in [0, 0.1) is 11.3 Å². The molecular formula is C13H12IN4P. The summed E-state index contributed by atoms with van der Waals surface area (Å²) < 4.78 is 1.90. The number of rotatable bonds is 2. The second kappa shape index (κ2) is 5.48. The molecule has 96 valence electrons. The van der Waals surface area contributed by atoms with Crippen LogP contribution < -0.4 is 5.32 Å². The van der Waals surface area contributed by atoms with E-state index < -0.39 is 0 Å². The fourth-order valence-electron chi connectivity index (χ4n) is 2.36. The number of benzene rings is 1. The fourth-order valence-corrected chi connectivity index (χ4v) is 3.44. The highest BCUT2D eigenvalue weighted by Gasteiger charge is 2.15. The Kier molecular flexibility index (Phi) is 3.72. The van der Waals surface area contributed by atoms with Crippen molar-refractivity contribution >= 4 is 34.1 Å². The van der Waals surface area contributed by atoms with Crippen molar-refractivity contribution in [2.75, 3.05) is 11.9 Å². The van der Waals surface area contributed by atoms with Gasteiger partial charge in [-0.05, 0) is 52.6 Å². The third-order valence-electron chi connectivity index (χ3n) is 3.28. The molecule has 0 bridgehead atoms. The van der Waals surface area contributed by atoms with Crippen LogP contribution in [0.15, 0.2) is 24.5 Å². The molecular weight excluding hydrogens is 370 g/mol. The highest BCUT2D eigenvalue weighted by molar-refractivity contribution is 14.2. The summed E-state index contributed by atoms with van der Waals surface area (Å²) in [5, 5.41) is 17.0. The Hall–Kier alpha value is -1.12. The molecule has 1 N–H and O–H groups in total. The summed E-state index contributed by atoms with van der Waals surface area (Å²) in [6.45, 7) is 0.991. The van der Waals surface area contributed by atoms with E-state index in [2.05, 4.69) is 44.6 Å². The maximum atomic E-state index is 9.34. The Morgan fingerprint density at radius 2 is 2.37 bits per heavy atom. The lowest BCUT2D eigenvalue weighted by Gasteiger charge is -2.19. The van der Waals surface area contributed by atoms with Crippen molar-refractivity contribution in [3.05, 3.63) is 35.7 Å². The van der Waals surface area contributed by atoms with Crippen LogP contribution in [0.2, 0.25) is 0 Å². The van der Waals surface area contributed by atoms with Crippen LogP contribution in [-0.4, -0.2) is 16.1 Å². The summed E-state index contributed by atoms with van der Waals surface area (Å²) in [6.07, 6.45) is 6.64. The molecule has 6 heteroatoms. The van der Waals surface area contributed by atoms with Gasteiger partial charge in [-0.1, -0.05) is 0 Å². The van der Waals surface area contributed by atoms with E-state index in [0.29, 0.717) is 11.9 Å². The van der Waals surface area contributed by atoms with Gasteiger partial charge in [0.2, 0.25) is 0 Å². The number of nitrogens with one attached hydrogen (secondary N) is 1. The molecule has 2 heterocycles. The highest BCUT2D eigenvalue weighted by Crippen LogP contribution is 2.33. The first-order valence-corrected chi connectivity index (χ1v) is 10.1. The van der Waals surface area contributed by atoms with Crippen LogP contribution >= 0.6 is 28.4 Å². The molecule has 1 aliphatic rings. The molecule has 1 aromatic heterocycles. The highest BCUT2D eigenvalue weighted by atomic mass is 127. The predicted molar refractivity (Wildman–Crippen MR) is 86.9 cm³/mol. The smallest absolute Gasteiger partial charge is 0.0998 e. The minimum absolute atomic E-state index is 0.580. The molecule has 0 aliphatic carbocycles. The van der Waals surface area contributed by atoms with Crippen LogP contribution in [0.5, 0.6) is 0 Å². The number of halogens is 1. The second-order valence-corrected chi connectivity index (χ2v) is 6.53. The molecule has 0 saturated carbocycles. The first-order chi connectivity index (χ1) is 9.31. The number of nitriles is 1. The van der Waals surface area contributed by atoms with E-state index in [9.17, 15) is 5.26 Å². The number of hydrogen-bond donors (Lipinski definition) is 1. The minimum Gasteiger partial charge on any atom is -0.385 e. The van der Waals surface area contributed by atoms with Gasteiger partial charge in [-0.25, -0.2) is 4.45 Å². The molecule has 4 nitrogen and oxygen atoms in total. The Morgan fingerprint density at radius 3 is 3.11 bits per heavy atom. The molecule has 1 atom stereocenters. The van der Waals surface area contributed by atoms with Crippen LogP contribution in [0.1, 0.15) is 17.5 Å². The summed E-state index contributed by atoms with van der Waals surface area (Å²) in [7, 11) is 0. The van der Waals surface area contributed by atoms with E-state index in [4.69, 9.17) is 0 Å². The van der Waals surface area contributed by atoms with Crippen molar-refractivity contribution in [3.63, 3.8) is 0 Å². The van der Waals surface area contributed by atoms with Gasteiger partial charge in [0.1, 0.15) is 0 Å². The van der Waals surface area contributed by atoms with Crippen molar-refractivity contribution in [2.24, 2.45) is 0 Å². The van der Waals surface area contributed by atoms with E-state index in [0.717, 1.165) is 36.2 Å². The molecule has 1 unspecified atom stereocenters. The molecule has 0 radical (unpaired) electrons.